The third-order valence-corrected chi connectivity index (χ3v) is 3.23. The molecule has 1 aromatic rings. The monoisotopic (exact) mass is 290 g/mol. The SMILES string of the molecule is CCCNc1ccc(C2=NN3CCN=C3C=C2)cc1.Cl. The van der Waals surface area contributed by atoms with E-state index in [1.165, 1.54) is 0 Å². The van der Waals surface area contributed by atoms with Gasteiger partial charge in [-0.1, -0.05) is 19.1 Å². The lowest BCUT2D eigenvalue weighted by molar-refractivity contribution is 0.490. The van der Waals surface area contributed by atoms with Crippen LogP contribution in [0.15, 0.2) is 46.5 Å². The minimum Gasteiger partial charge on any atom is -0.385 e. The molecule has 1 aromatic carbocycles. The first-order chi connectivity index (χ1) is 9.36. The Morgan fingerprint density at radius 2 is 2.00 bits per heavy atom. The number of halogens is 1. The maximum absolute atomic E-state index is 4.62. The number of nitrogens with one attached hydrogen (secondary N) is 1. The van der Waals surface area contributed by atoms with Crippen molar-refractivity contribution in [1.29, 1.82) is 0 Å². The molecule has 0 amide bonds. The molecule has 0 aromatic heterocycles. The molecule has 0 radical (unpaired) electrons. The zero-order valence-electron chi connectivity index (χ0n) is 11.5. The molecule has 0 saturated carbocycles. The number of aliphatic imine (C=N–C) groups is 1. The summed E-state index contributed by atoms with van der Waals surface area (Å²) in [5.74, 6) is 0.977. The van der Waals surface area contributed by atoms with E-state index in [2.05, 4.69) is 46.6 Å². The molecular weight excluding hydrogens is 272 g/mol. The van der Waals surface area contributed by atoms with Gasteiger partial charge in [-0.3, -0.25) is 4.99 Å². The second kappa shape index (κ2) is 6.57. The third-order valence-electron chi connectivity index (χ3n) is 3.23. The fourth-order valence-corrected chi connectivity index (χ4v) is 2.19. The van der Waals surface area contributed by atoms with Crippen LogP contribution in [-0.2, 0) is 0 Å². The van der Waals surface area contributed by atoms with Gasteiger partial charge in [0.1, 0.15) is 5.84 Å². The number of fused-ring (bicyclic) bond motifs is 1. The lowest BCUT2D eigenvalue weighted by Gasteiger charge is -2.17. The Bertz CT molecular complexity index is 545. The highest BCUT2D eigenvalue weighted by Gasteiger charge is 2.18. The van der Waals surface area contributed by atoms with Crippen LogP contribution in [0.25, 0.3) is 0 Å². The quantitative estimate of drug-likeness (QED) is 0.926. The zero-order valence-corrected chi connectivity index (χ0v) is 12.4. The number of hydrogen-bond acceptors (Lipinski definition) is 4. The first-order valence-corrected chi connectivity index (χ1v) is 6.80. The molecule has 1 N–H and O–H groups in total. The van der Waals surface area contributed by atoms with E-state index in [4.69, 9.17) is 0 Å². The van der Waals surface area contributed by atoms with Crippen molar-refractivity contribution in [2.45, 2.75) is 13.3 Å². The fraction of sp³-hybridized carbons (Fsp3) is 0.333. The van der Waals surface area contributed by atoms with Gasteiger partial charge in [-0.05, 0) is 30.7 Å². The fourth-order valence-electron chi connectivity index (χ4n) is 2.19. The summed E-state index contributed by atoms with van der Waals surface area (Å²) in [7, 11) is 0. The average molecular weight is 291 g/mol. The number of allylic oxidation sites excluding steroid dienone is 1. The van der Waals surface area contributed by atoms with Gasteiger partial charge in [0, 0.05) is 17.8 Å². The maximum Gasteiger partial charge on any atom is 0.144 e. The van der Waals surface area contributed by atoms with E-state index < -0.39 is 0 Å². The highest BCUT2D eigenvalue weighted by Crippen LogP contribution is 2.15. The lowest BCUT2D eigenvalue weighted by atomic mass is 10.1. The Morgan fingerprint density at radius 3 is 2.75 bits per heavy atom. The van der Waals surface area contributed by atoms with Gasteiger partial charge < -0.3 is 5.32 Å². The van der Waals surface area contributed by atoms with Crippen LogP contribution in [0.5, 0.6) is 0 Å². The number of nitrogens with zero attached hydrogens (tertiary/aromatic N) is 3. The number of amidine groups is 1. The van der Waals surface area contributed by atoms with Gasteiger partial charge in [0.2, 0.25) is 0 Å². The summed E-state index contributed by atoms with van der Waals surface area (Å²) < 4.78 is 0. The lowest BCUT2D eigenvalue weighted by Crippen LogP contribution is -2.25. The van der Waals surface area contributed by atoms with Crippen LogP contribution < -0.4 is 5.32 Å². The highest BCUT2D eigenvalue weighted by atomic mass is 35.5. The molecule has 3 rings (SSSR count). The Labute approximate surface area is 125 Å². The molecule has 0 bridgehead atoms. The van der Waals surface area contributed by atoms with Crippen LogP contribution in [0.2, 0.25) is 0 Å². The van der Waals surface area contributed by atoms with Crippen LogP contribution in [0.4, 0.5) is 5.69 Å². The Balaban J connectivity index is 0.00000147. The van der Waals surface area contributed by atoms with Crippen molar-refractivity contribution in [2.24, 2.45) is 10.1 Å². The van der Waals surface area contributed by atoms with Crippen molar-refractivity contribution in [2.75, 3.05) is 25.0 Å². The van der Waals surface area contributed by atoms with E-state index in [1.54, 1.807) is 0 Å². The van der Waals surface area contributed by atoms with E-state index >= 15 is 0 Å². The summed E-state index contributed by atoms with van der Waals surface area (Å²) in [5, 5.41) is 9.96. The van der Waals surface area contributed by atoms with E-state index in [0.29, 0.717) is 0 Å². The Morgan fingerprint density at radius 1 is 1.20 bits per heavy atom. The molecular formula is C15H19ClN4. The first kappa shape index (κ1) is 14.6. The predicted octanol–water partition coefficient (Wildman–Crippen LogP) is 2.92. The molecule has 0 aliphatic carbocycles. The first-order valence-electron chi connectivity index (χ1n) is 6.80. The van der Waals surface area contributed by atoms with Crippen LogP contribution in [0.3, 0.4) is 0 Å². The third kappa shape index (κ3) is 3.02. The van der Waals surface area contributed by atoms with Crippen LogP contribution in [-0.4, -0.2) is 36.2 Å². The van der Waals surface area contributed by atoms with E-state index in [0.717, 1.165) is 48.9 Å². The predicted molar refractivity (Wildman–Crippen MR) is 87.2 cm³/mol. The number of rotatable bonds is 4. The molecule has 0 saturated heterocycles. The molecule has 2 heterocycles. The Hall–Kier alpha value is -1.81. The van der Waals surface area contributed by atoms with Crippen molar-refractivity contribution < 1.29 is 0 Å². The molecule has 0 atom stereocenters. The van der Waals surface area contributed by atoms with Gasteiger partial charge in [0.25, 0.3) is 0 Å². The highest BCUT2D eigenvalue weighted by molar-refractivity contribution is 6.14. The van der Waals surface area contributed by atoms with Crippen molar-refractivity contribution in [3.8, 4) is 0 Å². The summed E-state index contributed by atoms with van der Waals surface area (Å²) >= 11 is 0. The van der Waals surface area contributed by atoms with Crippen molar-refractivity contribution in [3.63, 3.8) is 0 Å². The largest absolute Gasteiger partial charge is 0.385 e. The number of hydrogen-bond donors (Lipinski definition) is 1. The van der Waals surface area contributed by atoms with E-state index in [-0.39, 0.29) is 12.4 Å². The Kier molecular flexibility index (Phi) is 4.79. The van der Waals surface area contributed by atoms with Gasteiger partial charge in [0.15, 0.2) is 0 Å². The smallest absolute Gasteiger partial charge is 0.144 e. The van der Waals surface area contributed by atoms with Gasteiger partial charge in [-0.15, -0.1) is 12.4 Å². The number of hydrazone groups is 1. The zero-order chi connectivity index (χ0) is 13.1. The minimum atomic E-state index is 0. The summed E-state index contributed by atoms with van der Waals surface area (Å²) in [6.07, 6.45) is 5.21. The average Bonchev–Trinajstić information content (AvgIpc) is 2.93. The van der Waals surface area contributed by atoms with Crippen molar-refractivity contribution >= 4 is 29.6 Å². The molecule has 5 heteroatoms. The molecule has 106 valence electrons. The maximum atomic E-state index is 4.62. The summed E-state index contributed by atoms with van der Waals surface area (Å²) in [6, 6.07) is 8.43. The van der Waals surface area contributed by atoms with Crippen LogP contribution in [0, 0.1) is 0 Å². The van der Waals surface area contributed by atoms with Crippen LogP contribution in [0.1, 0.15) is 18.9 Å². The van der Waals surface area contributed by atoms with E-state index in [9.17, 15) is 0 Å². The second-order valence-electron chi connectivity index (χ2n) is 4.69. The molecule has 20 heavy (non-hydrogen) atoms. The van der Waals surface area contributed by atoms with Gasteiger partial charge in [-0.25, -0.2) is 5.01 Å². The van der Waals surface area contributed by atoms with Crippen molar-refractivity contribution in [3.05, 3.63) is 42.0 Å². The molecule has 0 spiro atoms. The molecule has 0 unspecified atom stereocenters. The summed E-state index contributed by atoms with van der Waals surface area (Å²) in [4.78, 5) is 4.37. The molecule has 4 nitrogen and oxygen atoms in total. The minimum absolute atomic E-state index is 0. The molecule has 2 aliphatic rings. The normalized spacial score (nSPS) is 16.1. The molecule has 0 fully saturated rings. The summed E-state index contributed by atoms with van der Waals surface area (Å²) in [6.45, 7) is 4.90. The van der Waals surface area contributed by atoms with Crippen molar-refractivity contribution in [1.82, 2.24) is 5.01 Å². The second-order valence-corrected chi connectivity index (χ2v) is 4.69. The number of benzene rings is 1. The van der Waals surface area contributed by atoms with Gasteiger partial charge in [-0.2, -0.15) is 5.10 Å². The molecule has 2 aliphatic heterocycles. The standard InChI is InChI=1S/C15H18N4.ClH/c1-2-9-16-13-5-3-12(4-6-13)14-7-8-15-17-10-11-19(15)18-14;/h3-8,16H,2,9-11H2,1H3;1H. The summed E-state index contributed by atoms with van der Waals surface area (Å²) in [5.41, 5.74) is 3.31. The van der Waals surface area contributed by atoms with Gasteiger partial charge in [0.05, 0.1) is 18.8 Å². The van der Waals surface area contributed by atoms with Gasteiger partial charge >= 0.3 is 0 Å². The number of anilines is 1. The van der Waals surface area contributed by atoms with Crippen LogP contribution >= 0.6 is 12.4 Å². The topological polar surface area (TPSA) is 40.0 Å². The van der Waals surface area contributed by atoms with E-state index in [1.807, 2.05) is 17.2 Å².